The molecule has 1 N–H and O–H groups in total. The Morgan fingerprint density at radius 1 is 1.25 bits per heavy atom. The van der Waals surface area contributed by atoms with Gasteiger partial charge in [-0.3, -0.25) is 4.79 Å². The molecule has 0 aromatic carbocycles. The highest BCUT2D eigenvalue weighted by molar-refractivity contribution is 5.93. The lowest BCUT2D eigenvalue weighted by atomic mass is 9.45. The first kappa shape index (κ1) is 19.2. The first-order chi connectivity index (χ1) is 13.2. The number of carbonyl (C=O) groups excluding carboxylic acids is 3. The Morgan fingerprint density at radius 2 is 2.00 bits per heavy atom. The highest BCUT2D eigenvalue weighted by Crippen LogP contribution is 2.63. The predicted octanol–water partition coefficient (Wildman–Crippen LogP) is 2.04. The maximum Gasteiger partial charge on any atom is 0.340 e. The fourth-order valence-corrected chi connectivity index (χ4v) is 6.12. The van der Waals surface area contributed by atoms with Gasteiger partial charge < -0.3 is 19.3 Å². The average Bonchev–Trinajstić information content (AvgIpc) is 2.98. The molecule has 2 aliphatic carbocycles. The summed E-state index contributed by atoms with van der Waals surface area (Å²) in [6, 6.07) is 0. The van der Waals surface area contributed by atoms with Gasteiger partial charge in [-0.15, -0.1) is 0 Å². The molecule has 0 amide bonds. The summed E-state index contributed by atoms with van der Waals surface area (Å²) in [6.45, 7) is 4.16. The average molecular weight is 390 g/mol. The van der Waals surface area contributed by atoms with Crippen LogP contribution >= 0.6 is 0 Å². The Morgan fingerprint density at radius 3 is 2.64 bits per heavy atom. The van der Waals surface area contributed by atoms with Gasteiger partial charge in [0.25, 0.3) is 0 Å². The number of esters is 3. The molecule has 0 unspecified atom stereocenters. The molecular formula is C21H26O7. The summed E-state index contributed by atoms with van der Waals surface area (Å²) < 4.78 is 15.4. The number of rotatable bonds is 2. The van der Waals surface area contributed by atoms with E-state index in [1.807, 2.05) is 6.08 Å². The lowest BCUT2D eigenvalue weighted by Crippen LogP contribution is -2.58. The second-order valence-electron chi connectivity index (χ2n) is 8.80. The number of hydrogen-bond acceptors (Lipinski definition) is 7. The quantitative estimate of drug-likeness (QED) is 0.569. The van der Waals surface area contributed by atoms with Crippen molar-refractivity contribution in [2.24, 2.45) is 22.7 Å². The number of aliphatic hydroxyl groups excluding tert-OH is 1. The Hall–Kier alpha value is -2.15. The van der Waals surface area contributed by atoms with Crippen LogP contribution in [0.25, 0.3) is 0 Å². The van der Waals surface area contributed by atoms with E-state index in [4.69, 9.17) is 14.2 Å². The number of fused-ring (bicyclic) bond motifs is 3. The largest absolute Gasteiger partial charge is 0.466 e. The van der Waals surface area contributed by atoms with E-state index in [0.717, 1.165) is 12.8 Å². The third-order valence-corrected chi connectivity index (χ3v) is 7.44. The number of cyclic esters (lactones) is 2. The van der Waals surface area contributed by atoms with Gasteiger partial charge in [0.15, 0.2) is 0 Å². The Kier molecular flexibility index (Phi) is 4.41. The molecule has 2 heterocycles. The van der Waals surface area contributed by atoms with Gasteiger partial charge in [0.1, 0.15) is 6.10 Å². The van der Waals surface area contributed by atoms with E-state index >= 15 is 0 Å². The molecule has 7 nitrogen and oxygen atoms in total. The molecule has 0 spiro atoms. The normalized spacial score (nSPS) is 42.4. The van der Waals surface area contributed by atoms with Crippen molar-refractivity contribution in [1.29, 1.82) is 0 Å². The maximum atomic E-state index is 12.9. The minimum Gasteiger partial charge on any atom is -0.466 e. The van der Waals surface area contributed by atoms with Gasteiger partial charge in [-0.25, -0.2) is 9.59 Å². The van der Waals surface area contributed by atoms with E-state index in [-0.39, 0.29) is 34.8 Å². The second kappa shape index (κ2) is 6.44. The molecule has 1 saturated heterocycles. The zero-order valence-electron chi connectivity index (χ0n) is 16.4. The van der Waals surface area contributed by atoms with Crippen LogP contribution in [0.5, 0.6) is 0 Å². The van der Waals surface area contributed by atoms with Gasteiger partial charge in [0, 0.05) is 11.0 Å². The first-order valence-corrected chi connectivity index (χ1v) is 9.81. The van der Waals surface area contributed by atoms with Gasteiger partial charge in [0.05, 0.1) is 18.6 Å². The van der Waals surface area contributed by atoms with E-state index in [9.17, 15) is 19.5 Å². The summed E-state index contributed by atoms with van der Waals surface area (Å²) in [6.07, 6.45) is 4.64. The molecule has 152 valence electrons. The van der Waals surface area contributed by atoms with E-state index in [2.05, 4.69) is 13.8 Å². The van der Waals surface area contributed by atoms with Crippen LogP contribution in [-0.2, 0) is 28.6 Å². The standard InChI is InChI=1S/C21H26O7/c1-20-8-7-13-19(25)27-14(11-9-16(22)28-17(11)23)10-21(13,2)15(20)6-4-5-12(20)18(24)26-3/h5,9,13-16,22H,4,6-8,10H2,1-3H3/t13-,14-,15-,16-,20-,21-/m0/s1. The van der Waals surface area contributed by atoms with Crippen LogP contribution in [0.2, 0.25) is 0 Å². The van der Waals surface area contributed by atoms with E-state index < -0.39 is 23.8 Å². The van der Waals surface area contributed by atoms with Gasteiger partial charge in [-0.1, -0.05) is 19.9 Å². The zero-order chi connectivity index (χ0) is 20.3. The molecular weight excluding hydrogens is 364 g/mol. The molecule has 7 heteroatoms. The molecule has 6 atom stereocenters. The maximum absolute atomic E-state index is 12.9. The van der Waals surface area contributed by atoms with Crippen LogP contribution in [-0.4, -0.2) is 42.5 Å². The molecule has 2 fully saturated rings. The topological polar surface area (TPSA) is 99.1 Å². The molecule has 0 aromatic heterocycles. The first-order valence-electron chi connectivity index (χ1n) is 9.81. The van der Waals surface area contributed by atoms with Crippen molar-refractivity contribution in [1.82, 2.24) is 0 Å². The SMILES string of the molecule is COC(=O)C1=CCC[C@@H]2[C@@]3(C)C[C@@H](C4=C[C@@H](O)OC4=O)OC(=O)[C@@H]3CC[C@@]12C. The van der Waals surface area contributed by atoms with E-state index in [1.165, 1.54) is 13.2 Å². The zero-order valence-corrected chi connectivity index (χ0v) is 16.4. The summed E-state index contributed by atoms with van der Waals surface area (Å²) in [5, 5.41) is 9.60. The van der Waals surface area contributed by atoms with Crippen LogP contribution < -0.4 is 0 Å². The van der Waals surface area contributed by atoms with Crippen molar-refractivity contribution in [2.45, 2.75) is 58.3 Å². The number of hydrogen-bond donors (Lipinski definition) is 1. The Labute approximate surface area is 163 Å². The summed E-state index contributed by atoms with van der Waals surface area (Å²) >= 11 is 0. The van der Waals surface area contributed by atoms with Crippen molar-refractivity contribution in [2.75, 3.05) is 7.11 Å². The molecule has 4 aliphatic rings. The van der Waals surface area contributed by atoms with Crippen LogP contribution in [0.4, 0.5) is 0 Å². The van der Waals surface area contributed by atoms with Gasteiger partial charge in [0.2, 0.25) is 6.29 Å². The van der Waals surface area contributed by atoms with Crippen molar-refractivity contribution in [3.8, 4) is 0 Å². The summed E-state index contributed by atoms with van der Waals surface area (Å²) in [5.41, 5.74) is 0.0709. The lowest BCUT2D eigenvalue weighted by molar-refractivity contribution is -0.187. The Balaban J connectivity index is 1.71. The molecule has 2 aliphatic heterocycles. The minimum absolute atomic E-state index is 0.0798. The highest BCUT2D eigenvalue weighted by atomic mass is 16.6. The monoisotopic (exact) mass is 390 g/mol. The fourth-order valence-electron chi connectivity index (χ4n) is 6.12. The number of methoxy groups -OCH3 is 1. The van der Waals surface area contributed by atoms with Gasteiger partial charge in [-0.2, -0.15) is 0 Å². The van der Waals surface area contributed by atoms with Crippen molar-refractivity contribution in [3.63, 3.8) is 0 Å². The second-order valence-corrected chi connectivity index (χ2v) is 8.80. The minimum atomic E-state index is -1.30. The summed E-state index contributed by atoms with van der Waals surface area (Å²) in [7, 11) is 1.39. The smallest absolute Gasteiger partial charge is 0.340 e. The van der Waals surface area contributed by atoms with Gasteiger partial charge in [-0.05, 0) is 49.5 Å². The van der Waals surface area contributed by atoms with Crippen LogP contribution in [0.3, 0.4) is 0 Å². The van der Waals surface area contributed by atoms with E-state index in [0.29, 0.717) is 24.8 Å². The number of allylic oxidation sites excluding steroid dienone is 1. The third-order valence-electron chi connectivity index (χ3n) is 7.44. The number of carbonyl (C=O) groups is 3. The third kappa shape index (κ3) is 2.63. The highest BCUT2D eigenvalue weighted by Gasteiger charge is 2.62. The van der Waals surface area contributed by atoms with Crippen LogP contribution in [0.1, 0.15) is 46.0 Å². The molecule has 0 aromatic rings. The molecule has 28 heavy (non-hydrogen) atoms. The fraction of sp³-hybridized carbons (Fsp3) is 0.667. The summed E-state index contributed by atoms with van der Waals surface area (Å²) in [5.74, 6) is -1.47. The van der Waals surface area contributed by atoms with Crippen LogP contribution in [0, 0.1) is 22.7 Å². The predicted molar refractivity (Wildman–Crippen MR) is 96.4 cm³/mol. The number of aliphatic hydroxyl groups is 1. The molecule has 0 bridgehead atoms. The van der Waals surface area contributed by atoms with Crippen molar-refractivity contribution < 1.29 is 33.7 Å². The molecule has 4 rings (SSSR count). The van der Waals surface area contributed by atoms with Crippen LogP contribution in [0.15, 0.2) is 23.3 Å². The van der Waals surface area contributed by atoms with Crippen molar-refractivity contribution >= 4 is 17.9 Å². The molecule has 1 saturated carbocycles. The lowest BCUT2D eigenvalue weighted by Gasteiger charge is -2.59. The molecule has 0 radical (unpaired) electrons. The number of ether oxygens (including phenoxy) is 3. The van der Waals surface area contributed by atoms with Crippen molar-refractivity contribution in [3.05, 3.63) is 23.3 Å². The van der Waals surface area contributed by atoms with E-state index in [1.54, 1.807) is 0 Å². The van der Waals surface area contributed by atoms with Gasteiger partial charge >= 0.3 is 17.9 Å². The Bertz CT molecular complexity index is 797. The summed E-state index contributed by atoms with van der Waals surface area (Å²) in [4.78, 5) is 37.4.